The first-order valence-corrected chi connectivity index (χ1v) is 5.88. The van der Waals surface area contributed by atoms with E-state index in [4.69, 9.17) is 4.74 Å². The van der Waals surface area contributed by atoms with E-state index in [1.807, 2.05) is 0 Å². The summed E-state index contributed by atoms with van der Waals surface area (Å²) in [6.07, 6.45) is 2.25. The summed E-state index contributed by atoms with van der Waals surface area (Å²) in [5, 5.41) is 3.43. The van der Waals surface area contributed by atoms with Crippen molar-refractivity contribution in [1.82, 2.24) is 5.32 Å². The highest BCUT2D eigenvalue weighted by atomic mass is 16.5. The van der Waals surface area contributed by atoms with Crippen molar-refractivity contribution in [1.29, 1.82) is 0 Å². The molecule has 0 rings (SSSR count). The molecule has 1 atom stereocenters. The van der Waals surface area contributed by atoms with Gasteiger partial charge in [0.2, 0.25) is 0 Å². The molecule has 0 aromatic heterocycles. The summed E-state index contributed by atoms with van der Waals surface area (Å²) in [4.78, 5) is 0. The van der Waals surface area contributed by atoms with Crippen molar-refractivity contribution in [3.05, 3.63) is 0 Å². The summed E-state index contributed by atoms with van der Waals surface area (Å²) in [7, 11) is 0. The molecule has 0 heterocycles. The van der Waals surface area contributed by atoms with E-state index in [0.717, 1.165) is 26.1 Å². The molecule has 0 aliphatic rings. The average molecular weight is 201 g/mol. The van der Waals surface area contributed by atoms with Gasteiger partial charge in [-0.15, -0.1) is 0 Å². The van der Waals surface area contributed by atoms with Gasteiger partial charge in [0.25, 0.3) is 0 Å². The molecule has 0 saturated heterocycles. The van der Waals surface area contributed by atoms with Gasteiger partial charge in [-0.1, -0.05) is 27.7 Å². The maximum atomic E-state index is 5.92. The predicted molar refractivity (Wildman–Crippen MR) is 62.6 cm³/mol. The molecule has 86 valence electrons. The van der Waals surface area contributed by atoms with Crippen LogP contribution in [0.5, 0.6) is 0 Å². The van der Waals surface area contributed by atoms with Crippen LogP contribution < -0.4 is 5.32 Å². The zero-order chi connectivity index (χ0) is 11.0. The minimum atomic E-state index is 0.0133. The predicted octanol–water partition coefficient (Wildman–Crippen LogP) is 2.83. The smallest absolute Gasteiger partial charge is 0.0775 e. The molecule has 2 heteroatoms. The van der Waals surface area contributed by atoms with Gasteiger partial charge in [0.1, 0.15) is 0 Å². The van der Waals surface area contributed by atoms with Crippen molar-refractivity contribution < 1.29 is 4.74 Å². The maximum absolute atomic E-state index is 5.92. The van der Waals surface area contributed by atoms with Crippen molar-refractivity contribution in [2.24, 2.45) is 5.92 Å². The lowest BCUT2D eigenvalue weighted by atomic mass is 10.0. The standard InChI is InChI=1S/C12H27NO/c1-6-8-13-10-12(5,7-2)14-9-11(3)4/h11,13H,6-10H2,1-5H3. The van der Waals surface area contributed by atoms with Crippen LogP contribution in [0.25, 0.3) is 0 Å². The molecule has 1 N–H and O–H groups in total. The average Bonchev–Trinajstić information content (AvgIpc) is 2.15. The van der Waals surface area contributed by atoms with E-state index in [1.54, 1.807) is 0 Å². The molecule has 0 fully saturated rings. The number of hydrogen-bond donors (Lipinski definition) is 1. The molecule has 0 aliphatic carbocycles. The van der Waals surface area contributed by atoms with Crippen molar-refractivity contribution >= 4 is 0 Å². The van der Waals surface area contributed by atoms with E-state index < -0.39 is 0 Å². The Morgan fingerprint density at radius 3 is 2.36 bits per heavy atom. The van der Waals surface area contributed by atoms with Gasteiger partial charge in [-0.2, -0.15) is 0 Å². The van der Waals surface area contributed by atoms with Gasteiger partial charge in [0.05, 0.1) is 5.60 Å². The van der Waals surface area contributed by atoms with Crippen LogP contribution in [-0.4, -0.2) is 25.3 Å². The first-order chi connectivity index (χ1) is 6.54. The monoisotopic (exact) mass is 201 g/mol. The SMILES string of the molecule is CCCNCC(C)(CC)OCC(C)C. The molecule has 14 heavy (non-hydrogen) atoms. The lowest BCUT2D eigenvalue weighted by molar-refractivity contribution is -0.0448. The molecule has 0 saturated carbocycles. The van der Waals surface area contributed by atoms with E-state index in [-0.39, 0.29) is 5.60 Å². The van der Waals surface area contributed by atoms with E-state index in [1.165, 1.54) is 6.42 Å². The van der Waals surface area contributed by atoms with Crippen LogP contribution in [0, 0.1) is 5.92 Å². The molecule has 0 spiro atoms. The van der Waals surface area contributed by atoms with Crippen LogP contribution in [0.1, 0.15) is 47.5 Å². The Kier molecular flexibility index (Phi) is 7.20. The van der Waals surface area contributed by atoms with Crippen LogP contribution >= 0.6 is 0 Å². The zero-order valence-electron chi connectivity index (χ0n) is 10.5. The minimum absolute atomic E-state index is 0.0133. The van der Waals surface area contributed by atoms with Gasteiger partial charge in [0, 0.05) is 13.2 Å². The van der Waals surface area contributed by atoms with Gasteiger partial charge in [0.15, 0.2) is 0 Å². The second-order valence-corrected chi connectivity index (χ2v) is 4.69. The molecule has 1 unspecified atom stereocenters. The normalized spacial score (nSPS) is 15.9. The Morgan fingerprint density at radius 1 is 1.29 bits per heavy atom. The fourth-order valence-corrected chi connectivity index (χ4v) is 1.18. The zero-order valence-corrected chi connectivity index (χ0v) is 10.5. The fraction of sp³-hybridized carbons (Fsp3) is 1.00. The van der Waals surface area contributed by atoms with Gasteiger partial charge in [-0.3, -0.25) is 0 Å². The third-order valence-corrected chi connectivity index (χ3v) is 2.44. The van der Waals surface area contributed by atoms with Crippen LogP contribution in [0.3, 0.4) is 0 Å². The highest BCUT2D eigenvalue weighted by Gasteiger charge is 2.22. The molecule has 0 aliphatic heterocycles. The number of hydrogen-bond acceptors (Lipinski definition) is 2. The second-order valence-electron chi connectivity index (χ2n) is 4.69. The summed E-state index contributed by atoms with van der Waals surface area (Å²) in [5.74, 6) is 0.618. The summed E-state index contributed by atoms with van der Waals surface area (Å²) in [5.41, 5.74) is 0.0133. The Hall–Kier alpha value is -0.0800. The van der Waals surface area contributed by atoms with Gasteiger partial charge in [-0.25, -0.2) is 0 Å². The highest BCUT2D eigenvalue weighted by molar-refractivity contribution is 4.76. The first kappa shape index (κ1) is 13.9. The Morgan fingerprint density at radius 2 is 1.93 bits per heavy atom. The number of rotatable bonds is 8. The van der Waals surface area contributed by atoms with E-state index in [0.29, 0.717) is 5.92 Å². The summed E-state index contributed by atoms with van der Waals surface area (Å²) in [6.45, 7) is 13.9. The van der Waals surface area contributed by atoms with Crippen LogP contribution in [0.15, 0.2) is 0 Å². The quantitative estimate of drug-likeness (QED) is 0.610. The summed E-state index contributed by atoms with van der Waals surface area (Å²) >= 11 is 0. The maximum Gasteiger partial charge on any atom is 0.0775 e. The van der Waals surface area contributed by atoms with Gasteiger partial charge < -0.3 is 10.1 Å². The fourth-order valence-electron chi connectivity index (χ4n) is 1.18. The van der Waals surface area contributed by atoms with E-state index in [9.17, 15) is 0 Å². The molecule has 0 amide bonds. The number of nitrogens with one attached hydrogen (secondary N) is 1. The Balaban J connectivity index is 3.79. The van der Waals surface area contributed by atoms with E-state index in [2.05, 4.69) is 39.9 Å². The molecule has 0 radical (unpaired) electrons. The van der Waals surface area contributed by atoms with Crippen LogP contribution in [0.4, 0.5) is 0 Å². The Bertz CT molecular complexity index is 136. The van der Waals surface area contributed by atoms with Crippen molar-refractivity contribution in [3.8, 4) is 0 Å². The first-order valence-electron chi connectivity index (χ1n) is 5.88. The van der Waals surface area contributed by atoms with Crippen LogP contribution in [-0.2, 0) is 4.74 Å². The summed E-state index contributed by atoms with van der Waals surface area (Å²) < 4.78 is 5.92. The second kappa shape index (κ2) is 7.24. The third-order valence-electron chi connectivity index (χ3n) is 2.44. The molecule has 2 nitrogen and oxygen atoms in total. The molecule has 0 bridgehead atoms. The van der Waals surface area contributed by atoms with Gasteiger partial charge >= 0.3 is 0 Å². The molecule has 0 aromatic rings. The third kappa shape index (κ3) is 6.39. The van der Waals surface area contributed by atoms with Crippen LogP contribution in [0.2, 0.25) is 0 Å². The lowest BCUT2D eigenvalue weighted by Gasteiger charge is -2.30. The highest BCUT2D eigenvalue weighted by Crippen LogP contribution is 2.15. The summed E-state index contributed by atoms with van der Waals surface area (Å²) in [6, 6.07) is 0. The number of ether oxygens (including phenoxy) is 1. The van der Waals surface area contributed by atoms with Crippen molar-refractivity contribution in [2.75, 3.05) is 19.7 Å². The van der Waals surface area contributed by atoms with Crippen molar-refractivity contribution in [2.45, 2.75) is 53.1 Å². The molecular weight excluding hydrogens is 174 g/mol. The van der Waals surface area contributed by atoms with Gasteiger partial charge in [-0.05, 0) is 32.2 Å². The Labute approximate surface area is 89.4 Å². The minimum Gasteiger partial charge on any atom is -0.374 e. The molecular formula is C12H27NO. The lowest BCUT2D eigenvalue weighted by Crippen LogP contribution is -2.41. The topological polar surface area (TPSA) is 21.3 Å². The van der Waals surface area contributed by atoms with Crippen molar-refractivity contribution in [3.63, 3.8) is 0 Å². The largest absolute Gasteiger partial charge is 0.374 e. The van der Waals surface area contributed by atoms with E-state index >= 15 is 0 Å². The molecule has 0 aromatic carbocycles.